The van der Waals surface area contributed by atoms with Crippen molar-refractivity contribution < 1.29 is 4.79 Å². The third-order valence-corrected chi connectivity index (χ3v) is 2.41. The molecule has 0 aromatic carbocycles. The van der Waals surface area contributed by atoms with Crippen molar-refractivity contribution in [3.63, 3.8) is 0 Å². The Morgan fingerprint density at radius 2 is 2.00 bits per heavy atom. The Balaban J connectivity index is 2.89. The number of aromatic nitrogens is 1. The molecule has 0 saturated carbocycles. The second-order valence-electron chi connectivity index (χ2n) is 5.80. The maximum atomic E-state index is 12.3. The Morgan fingerprint density at radius 1 is 1.35 bits per heavy atom. The van der Waals surface area contributed by atoms with Gasteiger partial charge in [-0.1, -0.05) is 26.8 Å². The van der Waals surface area contributed by atoms with Gasteiger partial charge in [0.05, 0.1) is 0 Å². The summed E-state index contributed by atoms with van der Waals surface area (Å²) in [6.45, 7) is 11.2. The maximum Gasteiger partial charge on any atom is 0.272 e. The number of nitrogens with zero attached hydrogens (tertiary/aromatic N) is 2. The number of amides is 1. The lowest BCUT2D eigenvalue weighted by atomic mass is 9.95. The Morgan fingerprint density at radius 3 is 2.41 bits per heavy atom. The third-order valence-electron chi connectivity index (χ3n) is 2.41. The van der Waals surface area contributed by atoms with Crippen molar-refractivity contribution in [2.24, 2.45) is 5.41 Å². The normalized spacial score (nSPS) is 11.6. The molecule has 17 heavy (non-hydrogen) atoms. The zero-order chi connectivity index (χ0) is 13.1. The molecule has 1 rings (SSSR count). The predicted molar refractivity (Wildman–Crippen MR) is 69.9 cm³/mol. The lowest BCUT2D eigenvalue weighted by molar-refractivity contribution is 0.0626. The van der Waals surface area contributed by atoms with Crippen molar-refractivity contribution in [2.75, 3.05) is 6.54 Å². The number of rotatable bonds is 3. The molecular weight excluding hydrogens is 212 g/mol. The number of carbonyl (C=O) groups excluding carboxylic acids is 1. The van der Waals surface area contributed by atoms with Gasteiger partial charge in [-0.05, 0) is 31.4 Å². The van der Waals surface area contributed by atoms with Crippen LogP contribution >= 0.6 is 0 Å². The van der Waals surface area contributed by atoms with E-state index < -0.39 is 0 Å². The van der Waals surface area contributed by atoms with E-state index in [1.807, 2.05) is 30.9 Å². The monoisotopic (exact) mass is 234 g/mol. The van der Waals surface area contributed by atoms with Gasteiger partial charge in [0.25, 0.3) is 5.91 Å². The molecule has 1 aromatic heterocycles. The predicted octanol–water partition coefficient (Wildman–Crippen LogP) is 2.98. The van der Waals surface area contributed by atoms with Crippen molar-refractivity contribution in [1.82, 2.24) is 9.88 Å². The molecule has 94 valence electrons. The Hall–Kier alpha value is -1.38. The Labute approximate surface area is 104 Å². The molecule has 0 unspecified atom stereocenters. The minimum absolute atomic E-state index is 0.00975. The SMILES string of the molecule is CC(C)N(CC(C)(C)C)C(=O)c1ccccn1. The van der Waals surface area contributed by atoms with Gasteiger partial charge >= 0.3 is 0 Å². The number of carbonyl (C=O) groups is 1. The van der Waals surface area contributed by atoms with Gasteiger partial charge in [-0.2, -0.15) is 0 Å². The Bertz CT molecular complexity index is 366. The minimum Gasteiger partial charge on any atom is -0.334 e. The summed E-state index contributed by atoms with van der Waals surface area (Å²) in [6.07, 6.45) is 1.66. The fourth-order valence-corrected chi connectivity index (χ4v) is 1.64. The van der Waals surface area contributed by atoms with E-state index in [0.717, 1.165) is 6.54 Å². The van der Waals surface area contributed by atoms with Crippen molar-refractivity contribution in [1.29, 1.82) is 0 Å². The van der Waals surface area contributed by atoms with Crippen LogP contribution in [0.3, 0.4) is 0 Å². The standard InChI is InChI=1S/C14H22N2O/c1-11(2)16(10-14(3,4)5)13(17)12-8-6-7-9-15-12/h6-9,11H,10H2,1-5H3. The summed E-state index contributed by atoms with van der Waals surface area (Å²) >= 11 is 0. The highest BCUT2D eigenvalue weighted by atomic mass is 16.2. The van der Waals surface area contributed by atoms with Gasteiger partial charge in [-0.15, -0.1) is 0 Å². The lowest BCUT2D eigenvalue weighted by Gasteiger charge is -2.32. The lowest BCUT2D eigenvalue weighted by Crippen LogP contribution is -2.42. The van der Waals surface area contributed by atoms with Gasteiger partial charge in [0.15, 0.2) is 0 Å². The molecule has 3 heteroatoms. The molecule has 1 heterocycles. The third kappa shape index (κ3) is 4.17. The molecule has 0 bridgehead atoms. The molecule has 0 aliphatic rings. The van der Waals surface area contributed by atoms with Crippen molar-refractivity contribution >= 4 is 5.91 Å². The summed E-state index contributed by atoms with van der Waals surface area (Å²) < 4.78 is 0. The quantitative estimate of drug-likeness (QED) is 0.805. The highest BCUT2D eigenvalue weighted by Gasteiger charge is 2.24. The van der Waals surface area contributed by atoms with Crippen LogP contribution < -0.4 is 0 Å². The maximum absolute atomic E-state index is 12.3. The first kappa shape index (κ1) is 13.7. The molecule has 0 fully saturated rings. The van der Waals surface area contributed by atoms with E-state index in [0.29, 0.717) is 5.69 Å². The molecular formula is C14H22N2O. The first-order valence-corrected chi connectivity index (χ1v) is 6.03. The van der Waals surface area contributed by atoms with Crippen LogP contribution in [0.15, 0.2) is 24.4 Å². The molecule has 0 atom stereocenters. The van der Waals surface area contributed by atoms with Crippen LogP contribution in [-0.4, -0.2) is 28.4 Å². The number of hydrogen-bond acceptors (Lipinski definition) is 2. The average molecular weight is 234 g/mol. The summed E-state index contributed by atoms with van der Waals surface area (Å²) in [5.41, 5.74) is 0.611. The summed E-state index contributed by atoms with van der Waals surface area (Å²) in [4.78, 5) is 18.3. The average Bonchev–Trinajstić information content (AvgIpc) is 2.25. The van der Waals surface area contributed by atoms with E-state index in [4.69, 9.17) is 0 Å². The van der Waals surface area contributed by atoms with Gasteiger partial charge in [-0.3, -0.25) is 9.78 Å². The number of pyridine rings is 1. The largest absolute Gasteiger partial charge is 0.334 e. The van der Waals surface area contributed by atoms with E-state index in [2.05, 4.69) is 25.8 Å². The van der Waals surface area contributed by atoms with Gasteiger partial charge in [0.2, 0.25) is 0 Å². The summed E-state index contributed by atoms with van der Waals surface area (Å²) in [5, 5.41) is 0. The van der Waals surface area contributed by atoms with Crippen LogP contribution in [0.4, 0.5) is 0 Å². The number of hydrogen-bond donors (Lipinski definition) is 0. The highest BCUT2D eigenvalue weighted by molar-refractivity contribution is 5.92. The van der Waals surface area contributed by atoms with Crippen LogP contribution in [0.25, 0.3) is 0 Å². The van der Waals surface area contributed by atoms with Crippen LogP contribution in [0.2, 0.25) is 0 Å². The van der Waals surface area contributed by atoms with Gasteiger partial charge in [-0.25, -0.2) is 0 Å². The molecule has 3 nitrogen and oxygen atoms in total. The van der Waals surface area contributed by atoms with Crippen LogP contribution in [0.1, 0.15) is 45.1 Å². The van der Waals surface area contributed by atoms with Crippen molar-refractivity contribution in [3.8, 4) is 0 Å². The van der Waals surface area contributed by atoms with E-state index in [9.17, 15) is 4.79 Å². The van der Waals surface area contributed by atoms with Crippen LogP contribution in [0, 0.1) is 5.41 Å². The summed E-state index contributed by atoms with van der Waals surface area (Å²) in [5.74, 6) is 0.00975. The summed E-state index contributed by atoms with van der Waals surface area (Å²) in [7, 11) is 0. The van der Waals surface area contributed by atoms with Gasteiger partial charge in [0, 0.05) is 18.8 Å². The first-order valence-electron chi connectivity index (χ1n) is 6.03. The molecule has 1 amide bonds. The van der Waals surface area contributed by atoms with Gasteiger partial charge in [0.1, 0.15) is 5.69 Å². The van der Waals surface area contributed by atoms with E-state index in [1.165, 1.54) is 0 Å². The fraction of sp³-hybridized carbons (Fsp3) is 0.571. The fourth-order valence-electron chi connectivity index (χ4n) is 1.64. The first-order chi connectivity index (χ1) is 7.81. The highest BCUT2D eigenvalue weighted by Crippen LogP contribution is 2.18. The Kier molecular flexibility index (Phi) is 4.27. The molecule has 0 aliphatic heterocycles. The second-order valence-corrected chi connectivity index (χ2v) is 5.80. The van der Waals surface area contributed by atoms with Crippen molar-refractivity contribution in [3.05, 3.63) is 30.1 Å². The molecule has 0 N–H and O–H groups in total. The molecule has 1 aromatic rings. The minimum atomic E-state index is 0.00975. The van der Waals surface area contributed by atoms with Gasteiger partial charge < -0.3 is 4.90 Å². The van der Waals surface area contributed by atoms with Crippen molar-refractivity contribution in [2.45, 2.75) is 40.7 Å². The zero-order valence-corrected chi connectivity index (χ0v) is 11.4. The molecule has 0 radical (unpaired) electrons. The molecule has 0 spiro atoms. The topological polar surface area (TPSA) is 33.2 Å². The van der Waals surface area contributed by atoms with E-state index >= 15 is 0 Å². The van der Waals surface area contributed by atoms with E-state index in [1.54, 1.807) is 12.3 Å². The molecule has 0 aliphatic carbocycles. The zero-order valence-electron chi connectivity index (χ0n) is 11.4. The smallest absolute Gasteiger partial charge is 0.272 e. The van der Waals surface area contributed by atoms with E-state index in [-0.39, 0.29) is 17.4 Å². The summed E-state index contributed by atoms with van der Waals surface area (Å²) in [6, 6.07) is 5.61. The van der Waals surface area contributed by atoms with Crippen LogP contribution in [0.5, 0.6) is 0 Å². The molecule has 0 saturated heterocycles. The second kappa shape index (κ2) is 5.30. The van der Waals surface area contributed by atoms with Crippen LogP contribution in [-0.2, 0) is 0 Å².